The molecule has 0 aliphatic rings. The molecule has 0 aromatic heterocycles. The van der Waals surface area contributed by atoms with Gasteiger partial charge in [0.1, 0.15) is 33.0 Å². The van der Waals surface area contributed by atoms with Crippen LogP contribution in [0.25, 0.3) is 0 Å². The second-order valence-corrected chi connectivity index (χ2v) is 14.4. The maximum atomic E-state index is 6.09. The molecule has 6 nitrogen and oxygen atoms in total. The van der Waals surface area contributed by atoms with E-state index in [1.807, 2.05) is 72.8 Å². The van der Waals surface area contributed by atoms with Crippen LogP contribution in [0.1, 0.15) is 0 Å². The van der Waals surface area contributed by atoms with Crippen molar-refractivity contribution in [2.45, 2.75) is 0 Å². The van der Waals surface area contributed by atoms with Gasteiger partial charge in [0.25, 0.3) is 0 Å². The number of rotatable bonds is 10. The Hall–Kier alpha value is -2.84. The van der Waals surface area contributed by atoms with Crippen molar-refractivity contribution in [2.24, 2.45) is 0 Å². The Morgan fingerprint density at radius 2 is 0.632 bits per heavy atom. The molecule has 2 N–H and O–H groups in total. The molecule has 4 rings (SSSR count). The SMILES string of the molecule is S=C(NP(=S)(Oc1ccccc1)Oc1ccccc1)C(=S)NP(=S)(Oc1ccccc1)Oc1ccccc1. The fourth-order valence-corrected chi connectivity index (χ4v) is 8.44. The van der Waals surface area contributed by atoms with Crippen molar-refractivity contribution in [2.75, 3.05) is 0 Å². The summed E-state index contributed by atoms with van der Waals surface area (Å²) in [6.45, 7) is -6.52. The van der Waals surface area contributed by atoms with E-state index in [1.165, 1.54) is 0 Å². The molecule has 0 bridgehead atoms. The molecule has 0 aliphatic carbocycles. The Labute approximate surface area is 242 Å². The Kier molecular flexibility index (Phi) is 9.86. The first kappa shape index (κ1) is 28.2. The molecule has 0 atom stereocenters. The normalized spacial score (nSPS) is 11.1. The summed E-state index contributed by atoms with van der Waals surface area (Å²) >= 11 is 22.8. The highest BCUT2D eigenvalue weighted by Crippen LogP contribution is 2.47. The molecule has 4 aromatic rings. The van der Waals surface area contributed by atoms with E-state index in [0.717, 1.165) is 0 Å². The fraction of sp³-hybridized carbons (Fsp3) is 0. The third-order valence-electron chi connectivity index (χ3n) is 4.56. The molecular formula is C26H22N2O4P2S4. The lowest BCUT2D eigenvalue weighted by Crippen LogP contribution is -2.37. The Morgan fingerprint density at radius 3 is 0.842 bits per heavy atom. The minimum atomic E-state index is -3.26. The molecule has 4 aromatic carbocycles. The molecule has 194 valence electrons. The predicted molar refractivity (Wildman–Crippen MR) is 168 cm³/mol. The van der Waals surface area contributed by atoms with Gasteiger partial charge in [0.2, 0.25) is 0 Å². The van der Waals surface area contributed by atoms with Crippen LogP contribution in [-0.4, -0.2) is 9.98 Å². The minimum Gasteiger partial charge on any atom is -0.421 e. The van der Waals surface area contributed by atoms with Gasteiger partial charge in [0.15, 0.2) is 0 Å². The molecular weight excluding hydrogens is 595 g/mol. The molecule has 0 fully saturated rings. The van der Waals surface area contributed by atoms with E-state index in [4.69, 9.17) is 66.1 Å². The number of hydrogen-bond donors (Lipinski definition) is 2. The Bertz CT molecular complexity index is 1260. The third-order valence-corrected chi connectivity index (χ3v) is 9.84. The van der Waals surface area contributed by atoms with Crippen molar-refractivity contribution in [3.63, 3.8) is 0 Å². The summed E-state index contributed by atoms with van der Waals surface area (Å²) in [4.78, 5) is 0.162. The quantitative estimate of drug-likeness (QED) is 0.138. The lowest BCUT2D eigenvalue weighted by molar-refractivity contribution is 0.479. The molecule has 0 heterocycles. The van der Waals surface area contributed by atoms with E-state index < -0.39 is 13.3 Å². The van der Waals surface area contributed by atoms with Crippen LogP contribution in [0.2, 0.25) is 0 Å². The minimum absolute atomic E-state index is 0.0812. The lowest BCUT2D eigenvalue weighted by Gasteiger charge is -2.28. The van der Waals surface area contributed by atoms with E-state index in [2.05, 4.69) is 10.2 Å². The van der Waals surface area contributed by atoms with Crippen LogP contribution in [0.5, 0.6) is 23.0 Å². The van der Waals surface area contributed by atoms with E-state index in [0.29, 0.717) is 23.0 Å². The Balaban J connectivity index is 1.54. The predicted octanol–water partition coefficient (Wildman–Crippen LogP) is 7.59. The fourth-order valence-electron chi connectivity index (χ4n) is 2.96. The largest absolute Gasteiger partial charge is 0.421 e. The van der Waals surface area contributed by atoms with Gasteiger partial charge in [-0.3, -0.25) is 10.2 Å². The first-order valence-corrected chi connectivity index (χ1v) is 17.3. The molecule has 38 heavy (non-hydrogen) atoms. The van der Waals surface area contributed by atoms with Crippen LogP contribution in [0.3, 0.4) is 0 Å². The summed E-state index contributed by atoms with van der Waals surface area (Å²) in [5.41, 5.74) is 0. The molecule has 0 radical (unpaired) electrons. The highest BCUT2D eigenvalue weighted by molar-refractivity contribution is 8.11. The lowest BCUT2D eigenvalue weighted by atomic mass is 10.3. The standard InChI is InChI=1S/C26H22N2O4P2S4/c35-25(27-33(37,29-21-13-5-1-6-14-21)30-22-15-7-2-8-16-22)26(36)28-34(38,31-23-17-9-3-10-18-23)32-24-19-11-4-12-20-24/h1-20H,(H,27,35,37)(H,28,36,38). The summed E-state index contributed by atoms with van der Waals surface area (Å²) < 4.78 is 24.3. The summed E-state index contributed by atoms with van der Waals surface area (Å²) in [6, 6.07) is 36.4. The maximum Gasteiger partial charge on any atom is 0.393 e. The van der Waals surface area contributed by atoms with Gasteiger partial charge in [0.05, 0.1) is 0 Å². The number of benzene rings is 4. The summed E-state index contributed by atoms with van der Waals surface area (Å²) in [5.74, 6) is 2.08. The van der Waals surface area contributed by atoms with Crippen molar-refractivity contribution < 1.29 is 18.1 Å². The second-order valence-electron chi connectivity index (χ2n) is 7.49. The molecule has 0 aliphatic heterocycles. The highest BCUT2D eigenvalue weighted by atomic mass is 32.5. The van der Waals surface area contributed by atoms with Crippen molar-refractivity contribution in [1.29, 1.82) is 0 Å². The van der Waals surface area contributed by atoms with E-state index in [1.54, 1.807) is 48.5 Å². The molecule has 0 saturated carbocycles. The van der Waals surface area contributed by atoms with Gasteiger partial charge in [-0.25, -0.2) is 0 Å². The van der Waals surface area contributed by atoms with Crippen LogP contribution >= 0.6 is 37.7 Å². The van der Waals surface area contributed by atoms with E-state index in [-0.39, 0.29) is 9.98 Å². The van der Waals surface area contributed by atoms with Crippen LogP contribution in [0.15, 0.2) is 121 Å². The van der Waals surface area contributed by atoms with Gasteiger partial charge in [-0.2, -0.15) is 0 Å². The highest BCUT2D eigenvalue weighted by Gasteiger charge is 2.30. The zero-order chi connectivity index (χ0) is 26.8. The summed E-state index contributed by atoms with van der Waals surface area (Å²) in [6.07, 6.45) is 0. The number of nitrogens with one attached hydrogen (secondary N) is 2. The van der Waals surface area contributed by atoms with E-state index >= 15 is 0 Å². The van der Waals surface area contributed by atoms with Crippen molar-refractivity contribution in [3.8, 4) is 23.0 Å². The average Bonchev–Trinajstić information content (AvgIpc) is 2.90. The second kappa shape index (κ2) is 13.3. The van der Waals surface area contributed by atoms with Gasteiger partial charge in [-0.05, 0) is 48.5 Å². The van der Waals surface area contributed by atoms with Gasteiger partial charge in [0, 0.05) is 23.6 Å². The topological polar surface area (TPSA) is 61.0 Å². The van der Waals surface area contributed by atoms with Crippen LogP contribution < -0.4 is 28.3 Å². The van der Waals surface area contributed by atoms with Crippen LogP contribution in [-0.2, 0) is 23.6 Å². The first-order valence-electron chi connectivity index (χ1n) is 11.2. The summed E-state index contributed by atoms with van der Waals surface area (Å²) in [5, 5.41) is 6.02. The van der Waals surface area contributed by atoms with Crippen molar-refractivity contribution in [1.82, 2.24) is 10.2 Å². The molecule has 0 saturated heterocycles. The zero-order valence-electron chi connectivity index (χ0n) is 19.7. The van der Waals surface area contributed by atoms with Gasteiger partial charge < -0.3 is 18.1 Å². The third kappa shape index (κ3) is 8.60. The number of hydrogen-bond acceptors (Lipinski definition) is 8. The van der Waals surface area contributed by atoms with Gasteiger partial charge in [-0.1, -0.05) is 97.2 Å². The molecule has 12 heteroatoms. The number of thiocarbonyl (C=S) groups is 2. The van der Waals surface area contributed by atoms with Gasteiger partial charge in [-0.15, -0.1) is 0 Å². The molecule has 0 amide bonds. The zero-order valence-corrected chi connectivity index (χ0v) is 24.8. The van der Waals surface area contributed by atoms with Crippen molar-refractivity contribution >= 4 is 71.3 Å². The summed E-state index contributed by atoms with van der Waals surface area (Å²) in [7, 11) is 0. The molecule has 0 spiro atoms. The monoisotopic (exact) mass is 616 g/mol. The van der Waals surface area contributed by atoms with E-state index in [9.17, 15) is 0 Å². The van der Waals surface area contributed by atoms with Crippen LogP contribution in [0.4, 0.5) is 0 Å². The van der Waals surface area contributed by atoms with Crippen LogP contribution in [0, 0.1) is 0 Å². The first-order chi connectivity index (χ1) is 18.3. The smallest absolute Gasteiger partial charge is 0.393 e. The molecule has 0 unspecified atom stereocenters. The number of para-hydroxylation sites is 4. The van der Waals surface area contributed by atoms with Gasteiger partial charge >= 0.3 is 13.3 Å². The average molecular weight is 617 g/mol. The maximum absolute atomic E-state index is 6.09. The Morgan fingerprint density at radius 1 is 0.421 bits per heavy atom. The van der Waals surface area contributed by atoms with Crippen molar-refractivity contribution in [3.05, 3.63) is 121 Å².